The molecule has 4 aliphatic rings. The van der Waals surface area contributed by atoms with Crippen molar-refractivity contribution < 1.29 is 23.4 Å². The Morgan fingerprint density at radius 3 is 1.85 bits per heavy atom. The highest BCUT2D eigenvalue weighted by Crippen LogP contribution is 2.68. The van der Waals surface area contributed by atoms with Crippen LogP contribution in [0.15, 0.2) is 0 Å². The van der Waals surface area contributed by atoms with E-state index in [4.69, 9.17) is 18.3 Å². The molecule has 1 N–H and O–H groups in total. The third-order valence-electron chi connectivity index (χ3n) is 19.5. The van der Waals surface area contributed by atoms with E-state index in [-0.39, 0.29) is 6.29 Å². The molecule has 0 aromatic carbocycles. The topological polar surface area (TPSA) is 60.4 Å². The van der Waals surface area contributed by atoms with Gasteiger partial charge < -0.3 is 28.3 Å². The molecule has 0 aromatic rings. The van der Waals surface area contributed by atoms with Gasteiger partial charge in [-0.05, 0) is 207 Å². The van der Waals surface area contributed by atoms with E-state index in [0.717, 1.165) is 80.9 Å². The number of ether oxygens (including phenoxy) is 2. The minimum Gasteiger partial charge on any atom is -0.396 e. The Bertz CT molecular complexity index is 1250. The molecule has 4 aliphatic carbocycles. The van der Waals surface area contributed by atoms with Gasteiger partial charge in [-0.15, -0.1) is 0 Å². The number of unbranched alkanes of at least 4 members (excludes halogenated alkanes) is 16. The van der Waals surface area contributed by atoms with Crippen molar-refractivity contribution in [2.75, 3.05) is 46.6 Å². The first-order valence-corrected chi connectivity index (χ1v) is 33.6. The Morgan fingerprint density at radius 1 is 0.603 bits per heavy atom. The van der Waals surface area contributed by atoms with Gasteiger partial charge in [0.1, 0.15) is 6.29 Å². The van der Waals surface area contributed by atoms with E-state index in [1.807, 2.05) is 7.11 Å². The Balaban J connectivity index is 1.18. The predicted molar refractivity (Wildman–Crippen MR) is 294 cm³/mol. The van der Waals surface area contributed by atoms with Crippen LogP contribution in [0.2, 0.25) is 13.1 Å². The summed E-state index contributed by atoms with van der Waals surface area (Å²) in [6.45, 7) is 25.1. The van der Waals surface area contributed by atoms with Gasteiger partial charge >= 0.3 is 8.56 Å². The zero-order valence-corrected chi connectivity index (χ0v) is 48.2. The molecule has 0 saturated heterocycles. The van der Waals surface area contributed by atoms with E-state index in [0.29, 0.717) is 29.5 Å². The summed E-state index contributed by atoms with van der Waals surface area (Å²) in [5.41, 5.74) is 1.10. The highest BCUT2D eigenvalue weighted by atomic mass is 28.4. The number of aliphatic hydroxyl groups excluding tert-OH is 1. The van der Waals surface area contributed by atoms with Gasteiger partial charge in [0.2, 0.25) is 0 Å². The molecule has 11 atom stereocenters. The molecule has 6 nitrogen and oxygen atoms in total. The maximum atomic E-state index is 9.61. The minimum absolute atomic E-state index is 0.137. The van der Waals surface area contributed by atoms with Crippen molar-refractivity contribution in [3.05, 3.63) is 0 Å². The smallest absolute Gasteiger partial charge is 0.333 e. The third-order valence-corrected chi connectivity index (χ3v) is 21.1. The molecular formula is C61H119NO5Si. The first kappa shape index (κ1) is 60.5. The van der Waals surface area contributed by atoms with E-state index in [9.17, 15) is 5.11 Å². The lowest BCUT2D eigenvalue weighted by Crippen LogP contribution is -2.54. The van der Waals surface area contributed by atoms with Crippen molar-refractivity contribution in [3.8, 4) is 0 Å². The number of hydrogen-bond acceptors (Lipinski definition) is 6. The second-order valence-corrected chi connectivity index (χ2v) is 28.3. The van der Waals surface area contributed by atoms with Crippen LogP contribution < -0.4 is 0 Å². The van der Waals surface area contributed by atoms with Crippen LogP contribution in [-0.4, -0.2) is 77.5 Å². The van der Waals surface area contributed by atoms with Gasteiger partial charge in [-0.25, -0.2) is 0 Å². The summed E-state index contributed by atoms with van der Waals surface area (Å²) in [5.74, 6) is 6.14. The Hall–Kier alpha value is -0.0231. The van der Waals surface area contributed by atoms with Gasteiger partial charge in [0, 0.05) is 26.9 Å². The lowest BCUT2D eigenvalue weighted by molar-refractivity contribution is -0.133. The molecule has 0 radical (unpaired) electrons. The van der Waals surface area contributed by atoms with Crippen LogP contribution in [0, 0.1) is 52.3 Å². The van der Waals surface area contributed by atoms with Crippen LogP contribution in [0.3, 0.4) is 0 Å². The molecule has 7 heteroatoms. The van der Waals surface area contributed by atoms with Crippen molar-refractivity contribution >= 4 is 8.56 Å². The molecule has 4 fully saturated rings. The fourth-order valence-corrected chi connectivity index (χ4v) is 16.7. The van der Waals surface area contributed by atoms with Crippen LogP contribution >= 0.6 is 0 Å². The number of methoxy groups -OCH3 is 1. The first-order valence-electron chi connectivity index (χ1n) is 30.7. The fourth-order valence-electron chi connectivity index (χ4n) is 15.2. The van der Waals surface area contributed by atoms with Crippen LogP contribution in [-0.2, 0) is 18.3 Å². The van der Waals surface area contributed by atoms with E-state index < -0.39 is 8.56 Å². The molecule has 0 aliphatic heterocycles. The van der Waals surface area contributed by atoms with E-state index in [1.54, 1.807) is 0 Å². The SMILES string of the molecule is CCCCCCCCC(CCCCCC)CO[Si](C)(C)OC(CCCCCCC)OCCCCCCN(CCCCO)CCC[C@@H](C)C1CCC2C3CCC4C[C@H](OC)CC[C@]4(C)C3CC[C@@]21C. The minimum atomic E-state index is -2.34. The van der Waals surface area contributed by atoms with Gasteiger partial charge in [0.05, 0.1) is 6.10 Å². The van der Waals surface area contributed by atoms with Crippen LogP contribution in [0.5, 0.6) is 0 Å². The van der Waals surface area contributed by atoms with Gasteiger partial charge in [-0.3, -0.25) is 0 Å². The van der Waals surface area contributed by atoms with Crippen molar-refractivity contribution in [1.29, 1.82) is 0 Å². The average molecular weight is 975 g/mol. The maximum Gasteiger partial charge on any atom is 0.333 e. The van der Waals surface area contributed by atoms with Gasteiger partial charge in [0.15, 0.2) is 0 Å². The number of hydrogen-bond donors (Lipinski definition) is 1. The Labute approximate surface area is 425 Å². The molecule has 0 spiro atoms. The molecule has 68 heavy (non-hydrogen) atoms. The summed E-state index contributed by atoms with van der Waals surface area (Å²) >= 11 is 0. The highest BCUT2D eigenvalue weighted by Gasteiger charge is 2.60. The maximum absolute atomic E-state index is 9.61. The number of fused-ring (bicyclic) bond motifs is 5. The molecular weight excluding hydrogens is 855 g/mol. The van der Waals surface area contributed by atoms with Gasteiger partial charge in [-0.1, -0.05) is 144 Å². The predicted octanol–water partition coefficient (Wildman–Crippen LogP) is 17.5. The number of aliphatic hydroxyl groups is 1. The van der Waals surface area contributed by atoms with Crippen molar-refractivity contribution in [2.45, 2.75) is 292 Å². The summed E-state index contributed by atoms with van der Waals surface area (Å²) in [7, 11) is -0.391. The number of rotatable bonds is 41. The summed E-state index contributed by atoms with van der Waals surface area (Å²) in [5, 5.41) is 9.61. The van der Waals surface area contributed by atoms with E-state index in [1.165, 1.54) is 212 Å². The normalized spacial score (nSPS) is 28.6. The summed E-state index contributed by atoms with van der Waals surface area (Å²) < 4.78 is 26.1. The average Bonchev–Trinajstić information content (AvgIpc) is 3.69. The Morgan fingerprint density at radius 2 is 1.18 bits per heavy atom. The van der Waals surface area contributed by atoms with Crippen molar-refractivity contribution in [3.63, 3.8) is 0 Å². The quantitative estimate of drug-likeness (QED) is 0.0374. The van der Waals surface area contributed by atoms with Crippen LogP contribution in [0.1, 0.15) is 266 Å². The zero-order chi connectivity index (χ0) is 49.1. The van der Waals surface area contributed by atoms with E-state index >= 15 is 0 Å². The van der Waals surface area contributed by atoms with Crippen molar-refractivity contribution in [1.82, 2.24) is 4.90 Å². The van der Waals surface area contributed by atoms with E-state index in [2.05, 4.69) is 59.5 Å². The molecule has 0 amide bonds. The monoisotopic (exact) mass is 974 g/mol. The van der Waals surface area contributed by atoms with Gasteiger partial charge in [0.25, 0.3) is 0 Å². The molecule has 0 bridgehead atoms. The molecule has 7 unspecified atom stereocenters. The second kappa shape index (κ2) is 33.7. The van der Waals surface area contributed by atoms with Gasteiger partial charge in [-0.2, -0.15) is 0 Å². The first-order chi connectivity index (χ1) is 32.9. The fraction of sp³-hybridized carbons (Fsp3) is 1.00. The molecule has 4 saturated carbocycles. The zero-order valence-electron chi connectivity index (χ0n) is 47.2. The second-order valence-electron chi connectivity index (χ2n) is 24.9. The standard InChI is InChI=1S/C61H119NO5Si/c1-10-13-16-19-21-25-34-52(33-24-18-15-12-3)50-66-68(8,9)67-59(35-26-20-17-14-11-2)65-48-30-23-22-27-44-62(45-28-29-47-63)46-31-32-51(4)56-38-39-57-55-37-36-53-49-54(64-7)40-42-60(53,5)58(55)41-43-61(56,57)6/h51-59,63H,10-50H2,1-9H3/t51-,52?,53?,54-,55?,56?,57?,58?,59?,60+,61-/m1/s1. The molecule has 4 rings (SSSR count). The lowest BCUT2D eigenvalue weighted by Gasteiger charge is -2.61. The lowest BCUT2D eigenvalue weighted by atomic mass is 9.44. The molecule has 0 aromatic heterocycles. The largest absolute Gasteiger partial charge is 0.396 e. The summed E-state index contributed by atoms with van der Waals surface area (Å²) in [6, 6.07) is 0. The third kappa shape index (κ3) is 20.4. The Kier molecular flexibility index (Phi) is 30.0. The summed E-state index contributed by atoms with van der Waals surface area (Å²) in [4.78, 5) is 2.75. The number of nitrogens with zero attached hydrogens (tertiary/aromatic N) is 1. The van der Waals surface area contributed by atoms with Crippen LogP contribution in [0.4, 0.5) is 0 Å². The van der Waals surface area contributed by atoms with Crippen LogP contribution in [0.25, 0.3) is 0 Å². The molecule has 0 heterocycles. The molecule has 402 valence electrons. The highest BCUT2D eigenvalue weighted by molar-refractivity contribution is 6.64. The summed E-state index contributed by atoms with van der Waals surface area (Å²) in [6.07, 6.45) is 46.3. The van der Waals surface area contributed by atoms with Crippen molar-refractivity contribution in [2.24, 2.45) is 52.3 Å².